The highest BCUT2D eigenvalue weighted by molar-refractivity contribution is 5.99. The Morgan fingerprint density at radius 3 is 2.82 bits per heavy atom. The smallest absolute Gasteiger partial charge is 0.265 e. The van der Waals surface area contributed by atoms with E-state index in [9.17, 15) is 9.59 Å². The number of amides is 2. The standard InChI is InChI=1S/C17H22N2O3/c1-2-19-14-9-8-13(10-15(14)22-11-16(19)20)18-17(21)12-6-4-3-5-7-12/h8-10,12H,2-7,11H2,1H3,(H,18,21). The number of anilines is 2. The molecule has 1 aliphatic carbocycles. The van der Waals surface area contributed by atoms with Gasteiger partial charge < -0.3 is 15.0 Å². The highest BCUT2D eigenvalue weighted by Crippen LogP contribution is 2.34. The van der Waals surface area contributed by atoms with E-state index in [0.717, 1.165) is 37.1 Å². The fraction of sp³-hybridized carbons (Fsp3) is 0.529. The maximum Gasteiger partial charge on any atom is 0.265 e. The Morgan fingerprint density at radius 2 is 2.09 bits per heavy atom. The molecule has 5 heteroatoms. The third-order valence-electron chi connectivity index (χ3n) is 4.46. The van der Waals surface area contributed by atoms with Crippen molar-refractivity contribution < 1.29 is 14.3 Å². The lowest BCUT2D eigenvalue weighted by Crippen LogP contribution is -2.38. The van der Waals surface area contributed by atoms with Gasteiger partial charge in [-0.3, -0.25) is 9.59 Å². The summed E-state index contributed by atoms with van der Waals surface area (Å²) in [7, 11) is 0. The van der Waals surface area contributed by atoms with Crippen LogP contribution in [0.15, 0.2) is 18.2 Å². The average molecular weight is 302 g/mol. The van der Waals surface area contributed by atoms with Gasteiger partial charge >= 0.3 is 0 Å². The molecule has 1 saturated carbocycles. The number of carbonyl (C=O) groups is 2. The maximum atomic E-state index is 12.3. The number of fused-ring (bicyclic) bond motifs is 1. The average Bonchev–Trinajstić information content (AvgIpc) is 2.55. The molecule has 1 aromatic rings. The monoisotopic (exact) mass is 302 g/mol. The summed E-state index contributed by atoms with van der Waals surface area (Å²) in [5.41, 5.74) is 1.51. The van der Waals surface area contributed by atoms with Crippen LogP contribution < -0.4 is 15.0 Å². The lowest BCUT2D eigenvalue weighted by atomic mass is 9.88. The van der Waals surface area contributed by atoms with Gasteiger partial charge in [-0.1, -0.05) is 19.3 Å². The first-order chi connectivity index (χ1) is 10.7. The number of likely N-dealkylation sites (N-methyl/N-ethyl adjacent to an activating group) is 1. The highest BCUT2D eigenvalue weighted by atomic mass is 16.5. The van der Waals surface area contributed by atoms with Crippen LogP contribution >= 0.6 is 0 Å². The number of rotatable bonds is 3. The molecule has 0 unspecified atom stereocenters. The van der Waals surface area contributed by atoms with Gasteiger partial charge in [0.2, 0.25) is 5.91 Å². The van der Waals surface area contributed by atoms with E-state index in [4.69, 9.17) is 4.74 Å². The van der Waals surface area contributed by atoms with Gasteiger partial charge in [0.25, 0.3) is 5.91 Å². The molecule has 1 aromatic carbocycles. The predicted octanol–water partition coefficient (Wildman–Crippen LogP) is 2.95. The first kappa shape index (κ1) is 14.9. The van der Waals surface area contributed by atoms with E-state index in [1.165, 1.54) is 6.42 Å². The van der Waals surface area contributed by atoms with Crippen LogP contribution in [0, 0.1) is 5.92 Å². The fourth-order valence-corrected chi connectivity index (χ4v) is 3.24. The van der Waals surface area contributed by atoms with Crippen LogP contribution in [0.25, 0.3) is 0 Å². The van der Waals surface area contributed by atoms with Crippen molar-refractivity contribution in [1.29, 1.82) is 0 Å². The first-order valence-corrected chi connectivity index (χ1v) is 8.07. The van der Waals surface area contributed by atoms with E-state index < -0.39 is 0 Å². The molecule has 1 fully saturated rings. The molecule has 1 N–H and O–H groups in total. The second kappa shape index (κ2) is 6.38. The van der Waals surface area contributed by atoms with Gasteiger partial charge in [0.1, 0.15) is 5.75 Å². The van der Waals surface area contributed by atoms with E-state index in [1.54, 1.807) is 4.90 Å². The number of carbonyl (C=O) groups excluding carboxylic acids is 2. The van der Waals surface area contributed by atoms with Crippen LogP contribution in [0.4, 0.5) is 11.4 Å². The molecular formula is C17H22N2O3. The highest BCUT2D eigenvalue weighted by Gasteiger charge is 2.25. The molecule has 22 heavy (non-hydrogen) atoms. The van der Waals surface area contributed by atoms with Gasteiger partial charge in [0, 0.05) is 24.2 Å². The summed E-state index contributed by atoms with van der Waals surface area (Å²) in [5, 5.41) is 2.98. The van der Waals surface area contributed by atoms with Crippen molar-refractivity contribution in [3.63, 3.8) is 0 Å². The van der Waals surface area contributed by atoms with Crippen LogP contribution in [0.5, 0.6) is 5.75 Å². The van der Waals surface area contributed by atoms with E-state index in [0.29, 0.717) is 12.3 Å². The summed E-state index contributed by atoms with van der Waals surface area (Å²) >= 11 is 0. The van der Waals surface area contributed by atoms with Crippen molar-refractivity contribution in [1.82, 2.24) is 0 Å². The lowest BCUT2D eigenvalue weighted by Gasteiger charge is -2.28. The van der Waals surface area contributed by atoms with Gasteiger partial charge in [-0.15, -0.1) is 0 Å². The minimum atomic E-state index is -0.0333. The molecule has 2 amide bonds. The molecule has 2 aliphatic rings. The molecule has 0 atom stereocenters. The second-order valence-electron chi connectivity index (χ2n) is 5.93. The largest absolute Gasteiger partial charge is 0.481 e. The van der Waals surface area contributed by atoms with E-state index in [2.05, 4.69) is 5.32 Å². The zero-order valence-corrected chi connectivity index (χ0v) is 12.9. The summed E-state index contributed by atoms with van der Waals surface area (Å²) in [6.45, 7) is 2.61. The van der Waals surface area contributed by atoms with Gasteiger partial charge in [-0.2, -0.15) is 0 Å². The Bertz CT molecular complexity index is 579. The molecule has 0 spiro atoms. The topological polar surface area (TPSA) is 58.6 Å². The van der Waals surface area contributed by atoms with E-state index in [-0.39, 0.29) is 24.3 Å². The number of ether oxygens (including phenoxy) is 1. The van der Waals surface area contributed by atoms with Crippen molar-refractivity contribution in [3.05, 3.63) is 18.2 Å². The van der Waals surface area contributed by atoms with Gasteiger partial charge in [0.05, 0.1) is 5.69 Å². The summed E-state index contributed by atoms with van der Waals surface area (Å²) in [6, 6.07) is 5.49. The van der Waals surface area contributed by atoms with Crippen molar-refractivity contribution in [2.24, 2.45) is 5.92 Å². The Balaban J connectivity index is 1.73. The molecule has 0 radical (unpaired) electrons. The summed E-state index contributed by atoms with van der Waals surface area (Å²) in [5.74, 6) is 0.843. The van der Waals surface area contributed by atoms with Crippen LogP contribution in [-0.4, -0.2) is 25.0 Å². The van der Waals surface area contributed by atoms with Crippen LogP contribution in [0.2, 0.25) is 0 Å². The van der Waals surface area contributed by atoms with Gasteiger partial charge in [0.15, 0.2) is 6.61 Å². The zero-order valence-electron chi connectivity index (χ0n) is 12.9. The zero-order chi connectivity index (χ0) is 15.5. The van der Waals surface area contributed by atoms with Gasteiger partial charge in [-0.05, 0) is 31.9 Å². The third kappa shape index (κ3) is 2.93. The fourth-order valence-electron chi connectivity index (χ4n) is 3.24. The lowest BCUT2D eigenvalue weighted by molar-refractivity contribution is -0.121. The molecule has 1 aliphatic heterocycles. The third-order valence-corrected chi connectivity index (χ3v) is 4.46. The molecule has 3 rings (SSSR count). The predicted molar refractivity (Wildman–Crippen MR) is 85.2 cm³/mol. The normalized spacial score (nSPS) is 18.6. The van der Waals surface area contributed by atoms with Gasteiger partial charge in [-0.25, -0.2) is 0 Å². The van der Waals surface area contributed by atoms with Crippen LogP contribution in [-0.2, 0) is 9.59 Å². The van der Waals surface area contributed by atoms with Crippen molar-refractivity contribution in [2.75, 3.05) is 23.4 Å². The van der Waals surface area contributed by atoms with E-state index >= 15 is 0 Å². The number of hydrogen-bond acceptors (Lipinski definition) is 3. The quantitative estimate of drug-likeness (QED) is 0.934. The van der Waals surface area contributed by atoms with E-state index in [1.807, 2.05) is 25.1 Å². The van der Waals surface area contributed by atoms with Crippen LogP contribution in [0.3, 0.4) is 0 Å². The Morgan fingerprint density at radius 1 is 1.32 bits per heavy atom. The summed E-state index contributed by atoms with van der Waals surface area (Å²) < 4.78 is 5.49. The SMILES string of the molecule is CCN1C(=O)COc2cc(NC(=O)C3CCCCC3)ccc21. The molecule has 1 heterocycles. The molecule has 0 saturated heterocycles. The molecule has 5 nitrogen and oxygen atoms in total. The summed E-state index contributed by atoms with van der Waals surface area (Å²) in [6.07, 6.45) is 5.46. The molecule has 118 valence electrons. The molecule has 0 aromatic heterocycles. The number of nitrogens with zero attached hydrogens (tertiary/aromatic N) is 1. The number of nitrogens with one attached hydrogen (secondary N) is 1. The maximum absolute atomic E-state index is 12.3. The van der Waals surface area contributed by atoms with Crippen molar-refractivity contribution >= 4 is 23.2 Å². The minimum absolute atomic E-state index is 0.0333. The Kier molecular flexibility index (Phi) is 4.32. The van der Waals surface area contributed by atoms with Crippen molar-refractivity contribution in [3.8, 4) is 5.75 Å². The Hall–Kier alpha value is -2.04. The number of hydrogen-bond donors (Lipinski definition) is 1. The van der Waals surface area contributed by atoms with Crippen LogP contribution in [0.1, 0.15) is 39.0 Å². The Labute approximate surface area is 130 Å². The minimum Gasteiger partial charge on any atom is -0.481 e. The first-order valence-electron chi connectivity index (χ1n) is 8.07. The molecule has 0 bridgehead atoms. The van der Waals surface area contributed by atoms with Crippen molar-refractivity contribution in [2.45, 2.75) is 39.0 Å². The summed E-state index contributed by atoms with van der Waals surface area (Å²) in [4.78, 5) is 25.8. The number of benzene rings is 1. The molecular weight excluding hydrogens is 280 g/mol. The second-order valence-corrected chi connectivity index (χ2v) is 5.93.